The Kier molecular flexibility index (Phi) is 4.12. The summed E-state index contributed by atoms with van der Waals surface area (Å²) in [7, 11) is 1.57. The van der Waals surface area contributed by atoms with Gasteiger partial charge in [-0.2, -0.15) is 0 Å². The summed E-state index contributed by atoms with van der Waals surface area (Å²) >= 11 is 5.96. The Bertz CT molecular complexity index is 447. The van der Waals surface area contributed by atoms with E-state index in [9.17, 15) is 4.79 Å². The standard InChI is InChI=1S/C14H18ClNO2/c1-10-4-3-7-16(9-10)14(17)12-8-11(15)5-6-13(12)18-2/h5-6,8,10H,3-4,7,9H2,1-2H3. The van der Waals surface area contributed by atoms with Gasteiger partial charge in [0.25, 0.3) is 5.91 Å². The fourth-order valence-corrected chi connectivity index (χ4v) is 2.56. The highest BCUT2D eigenvalue weighted by molar-refractivity contribution is 6.31. The normalized spacial score (nSPS) is 19.7. The molecule has 0 N–H and O–H groups in total. The van der Waals surface area contributed by atoms with Crippen molar-refractivity contribution in [2.24, 2.45) is 5.92 Å². The number of benzene rings is 1. The average Bonchev–Trinajstić information content (AvgIpc) is 2.38. The third-order valence-corrected chi connectivity index (χ3v) is 3.57. The van der Waals surface area contributed by atoms with Crippen LogP contribution >= 0.6 is 11.6 Å². The van der Waals surface area contributed by atoms with Gasteiger partial charge in [0.05, 0.1) is 12.7 Å². The number of carbonyl (C=O) groups excluding carboxylic acids is 1. The number of amides is 1. The molecule has 0 aliphatic carbocycles. The summed E-state index contributed by atoms with van der Waals surface area (Å²) < 4.78 is 5.23. The van der Waals surface area contributed by atoms with E-state index in [2.05, 4.69) is 6.92 Å². The Morgan fingerprint density at radius 2 is 2.28 bits per heavy atom. The molecule has 0 bridgehead atoms. The minimum absolute atomic E-state index is 0.0147. The molecule has 1 amide bonds. The lowest BCUT2D eigenvalue weighted by atomic mass is 9.99. The number of piperidine rings is 1. The molecule has 1 aliphatic rings. The van der Waals surface area contributed by atoms with Gasteiger partial charge < -0.3 is 9.64 Å². The van der Waals surface area contributed by atoms with Gasteiger partial charge in [-0.25, -0.2) is 0 Å². The van der Waals surface area contributed by atoms with Gasteiger partial charge in [-0.05, 0) is 37.0 Å². The second-order valence-corrected chi connectivity index (χ2v) is 5.28. The molecular formula is C14H18ClNO2. The van der Waals surface area contributed by atoms with Crippen molar-refractivity contribution >= 4 is 17.5 Å². The maximum Gasteiger partial charge on any atom is 0.257 e. The fraction of sp³-hybridized carbons (Fsp3) is 0.500. The van der Waals surface area contributed by atoms with Gasteiger partial charge in [0.2, 0.25) is 0 Å². The monoisotopic (exact) mass is 267 g/mol. The van der Waals surface area contributed by atoms with Crippen molar-refractivity contribution in [3.8, 4) is 5.75 Å². The number of ether oxygens (including phenoxy) is 1. The van der Waals surface area contributed by atoms with E-state index in [-0.39, 0.29) is 5.91 Å². The van der Waals surface area contributed by atoms with Crippen LogP contribution in [0.1, 0.15) is 30.1 Å². The summed E-state index contributed by atoms with van der Waals surface area (Å²) in [6, 6.07) is 5.15. The predicted molar refractivity (Wildman–Crippen MR) is 72.3 cm³/mol. The smallest absolute Gasteiger partial charge is 0.257 e. The van der Waals surface area contributed by atoms with Gasteiger partial charge in [0.15, 0.2) is 0 Å². The van der Waals surface area contributed by atoms with Gasteiger partial charge in [0.1, 0.15) is 5.75 Å². The number of carbonyl (C=O) groups is 1. The van der Waals surface area contributed by atoms with E-state index in [4.69, 9.17) is 16.3 Å². The van der Waals surface area contributed by atoms with Crippen LogP contribution in [0.2, 0.25) is 5.02 Å². The summed E-state index contributed by atoms with van der Waals surface area (Å²) in [6.45, 7) is 3.81. The number of hydrogen-bond acceptors (Lipinski definition) is 2. The summed E-state index contributed by atoms with van der Waals surface area (Å²) in [4.78, 5) is 14.4. The van der Waals surface area contributed by atoms with E-state index in [1.54, 1.807) is 25.3 Å². The lowest BCUT2D eigenvalue weighted by molar-refractivity contribution is 0.0679. The highest BCUT2D eigenvalue weighted by Gasteiger charge is 2.24. The Balaban J connectivity index is 2.24. The number of halogens is 1. The molecule has 1 saturated heterocycles. The number of rotatable bonds is 2. The first-order valence-electron chi connectivity index (χ1n) is 6.24. The molecule has 18 heavy (non-hydrogen) atoms. The summed E-state index contributed by atoms with van der Waals surface area (Å²) in [6.07, 6.45) is 2.26. The minimum atomic E-state index is 0.0147. The Hall–Kier alpha value is -1.22. The Labute approximate surface area is 113 Å². The fourth-order valence-electron chi connectivity index (χ4n) is 2.39. The van der Waals surface area contributed by atoms with E-state index in [1.807, 2.05) is 4.90 Å². The third kappa shape index (κ3) is 2.78. The highest BCUT2D eigenvalue weighted by Crippen LogP contribution is 2.26. The van der Waals surface area contributed by atoms with E-state index in [0.29, 0.717) is 22.3 Å². The summed E-state index contributed by atoms with van der Waals surface area (Å²) in [5.74, 6) is 1.16. The second-order valence-electron chi connectivity index (χ2n) is 4.84. The Morgan fingerprint density at radius 1 is 1.50 bits per heavy atom. The molecule has 1 aromatic carbocycles. The summed E-state index contributed by atoms with van der Waals surface area (Å²) in [5, 5.41) is 0.559. The number of nitrogens with zero attached hydrogens (tertiary/aromatic N) is 1. The first-order chi connectivity index (χ1) is 8.61. The van der Waals surface area contributed by atoms with Crippen LogP contribution in [-0.2, 0) is 0 Å². The molecular weight excluding hydrogens is 250 g/mol. The lowest BCUT2D eigenvalue weighted by Gasteiger charge is -2.31. The average molecular weight is 268 g/mol. The predicted octanol–water partition coefficient (Wildman–Crippen LogP) is 3.22. The zero-order chi connectivity index (χ0) is 13.1. The quantitative estimate of drug-likeness (QED) is 0.823. The van der Waals surface area contributed by atoms with Crippen LogP contribution in [0, 0.1) is 5.92 Å². The molecule has 1 atom stereocenters. The van der Waals surface area contributed by atoms with Crippen molar-refractivity contribution < 1.29 is 9.53 Å². The molecule has 0 spiro atoms. The molecule has 1 heterocycles. The first kappa shape index (κ1) is 13.2. The molecule has 4 heteroatoms. The highest BCUT2D eigenvalue weighted by atomic mass is 35.5. The maximum absolute atomic E-state index is 12.5. The Morgan fingerprint density at radius 3 is 2.94 bits per heavy atom. The van der Waals surface area contributed by atoms with Crippen LogP contribution in [0.25, 0.3) is 0 Å². The second kappa shape index (κ2) is 5.61. The van der Waals surface area contributed by atoms with Gasteiger partial charge >= 0.3 is 0 Å². The van der Waals surface area contributed by atoms with E-state index < -0.39 is 0 Å². The molecule has 2 rings (SSSR count). The molecule has 1 aromatic rings. The number of hydrogen-bond donors (Lipinski definition) is 0. The summed E-state index contributed by atoms with van der Waals surface area (Å²) in [5.41, 5.74) is 0.555. The van der Waals surface area contributed by atoms with Crippen LogP contribution < -0.4 is 4.74 Å². The van der Waals surface area contributed by atoms with Crippen molar-refractivity contribution in [1.29, 1.82) is 0 Å². The van der Waals surface area contributed by atoms with Gasteiger partial charge in [0, 0.05) is 18.1 Å². The van der Waals surface area contributed by atoms with Crippen LogP contribution in [-0.4, -0.2) is 31.0 Å². The molecule has 1 aliphatic heterocycles. The molecule has 3 nitrogen and oxygen atoms in total. The van der Waals surface area contributed by atoms with Crippen molar-refractivity contribution in [3.05, 3.63) is 28.8 Å². The van der Waals surface area contributed by atoms with Crippen LogP contribution in [0.4, 0.5) is 0 Å². The van der Waals surface area contributed by atoms with E-state index in [1.165, 1.54) is 6.42 Å². The number of methoxy groups -OCH3 is 1. The molecule has 98 valence electrons. The van der Waals surface area contributed by atoms with E-state index >= 15 is 0 Å². The zero-order valence-corrected chi connectivity index (χ0v) is 11.5. The third-order valence-electron chi connectivity index (χ3n) is 3.34. The van der Waals surface area contributed by atoms with Crippen LogP contribution in [0.15, 0.2) is 18.2 Å². The molecule has 0 radical (unpaired) electrons. The van der Waals surface area contributed by atoms with Gasteiger partial charge in [-0.15, -0.1) is 0 Å². The van der Waals surface area contributed by atoms with Crippen molar-refractivity contribution in [3.63, 3.8) is 0 Å². The zero-order valence-electron chi connectivity index (χ0n) is 10.8. The maximum atomic E-state index is 12.5. The number of likely N-dealkylation sites (tertiary alicyclic amines) is 1. The molecule has 1 fully saturated rings. The lowest BCUT2D eigenvalue weighted by Crippen LogP contribution is -2.39. The van der Waals surface area contributed by atoms with Crippen molar-refractivity contribution in [2.45, 2.75) is 19.8 Å². The topological polar surface area (TPSA) is 29.5 Å². The van der Waals surface area contributed by atoms with Gasteiger partial charge in [-0.1, -0.05) is 18.5 Å². The van der Waals surface area contributed by atoms with Gasteiger partial charge in [-0.3, -0.25) is 4.79 Å². The SMILES string of the molecule is COc1ccc(Cl)cc1C(=O)N1CCCC(C)C1. The van der Waals surface area contributed by atoms with Crippen LogP contribution in [0.3, 0.4) is 0 Å². The van der Waals surface area contributed by atoms with Crippen molar-refractivity contribution in [1.82, 2.24) is 4.90 Å². The largest absolute Gasteiger partial charge is 0.496 e. The molecule has 0 saturated carbocycles. The van der Waals surface area contributed by atoms with Crippen molar-refractivity contribution in [2.75, 3.05) is 20.2 Å². The molecule has 1 unspecified atom stereocenters. The first-order valence-corrected chi connectivity index (χ1v) is 6.62. The van der Waals surface area contributed by atoms with E-state index in [0.717, 1.165) is 19.5 Å². The molecule has 0 aromatic heterocycles. The minimum Gasteiger partial charge on any atom is -0.496 e. The van der Waals surface area contributed by atoms with Crippen LogP contribution in [0.5, 0.6) is 5.75 Å².